The number of aromatic nitrogens is 2. The van der Waals surface area contributed by atoms with E-state index in [0.717, 1.165) is 18.4 Å². The second-order valence-electron chi connectivity index (χ2n) is 4.36. The minimum Gasteiger partial charge on any atom is -0.338 e. The third-order valence-corrected chi connectivity index (χ3v) is 3.12. The van der Waals surface area contributed by atoms with Gasteiger partial charge in [-0.3, -0.25) is 0 Å². The fraction of sp³-hybridized carbons (Fsp3) is 0.385. The number of hydrogen-bond donors (Lipinski definition) is 1. The highest BCUT2D eigenvalue weighted by molar-refractivity contribution is 6.31. The summed E-state index contributed by atoms with van der Waals surface area (Å²) < 4.78 is 18.0. The summed E-state index contributed by atoms with van der Waals surface area (Å²) in [5.74, 6) is 0.553. The zero-order valence-electron chi connectivity index (χ0n) is 10.6. The van der Waals surface area contributed by atoms with Crippen LogP contribution in [0, 0.1) is 5.82 Å². The molecule has 0 spiro atoms. The zero-order valence-corrected chi connectivity index (χ0v) is 11.3. The molecule has 0 unspecified atom stereocenters. The molecule has 6 heteroatoms. The summed E-state index contributed by atoms with van der Waals surface area (Å²) in [6, 6.07) is 3.99. The van der Waals surface area contributed by atoms with Crippen molar-refractivity contribution in [2.75, 3.05) is 0 Å². The minimum atomic E-state index is -0.368. The predicted molar refractivity (Wildman–Crippen MR) is 70.4 cm³/mol. The Morgan fingerprint density at radius 3 is 2.95 bits per heavy atom. The number of halogens is 2. The number of rotatable bonds is 5. The summed E-state index contributed by atoms with van der Waals surface area (Å²) in [6.07, 6.45) is 2.13. The molecule has 0 saturated carbocycles. The van der Waals surface area contributed by atoms with E-state index in [4.69, 9.17) is 21.9 Å². The molecule has 2 N–H and O–H groups in total. The molecule has 2 rings (SSSR count). The lowest BCUT2D eigenvalue weighted by molar-refractivity contribution is 0.345. The SMILES string of the molecule is CCC[C@@H](N)c1nc(Cc2ccc(F)cc2Cl)no1. The van der Waals surface area contributed by atoms with Crippen LogP contribution in [0.2, 0.25) is 5.02 Å². The normalized spacial score (nSPS) is 12.6. The number of nitrogens with two attached hydrogens (primary N) is 1. The molecule has 0 fully saturated rings. The van der Waals surface area contributed by atoms with Gasteiger partial charge in [0.05, 0.1) is 6.04 Å². The fourth-order valence-electron chi connectivity index (χ4n) is 1.76. The smallest absolute Gasteiger partial charge is 0.243 e. The molecule has 1 heterocycles. The molecule has 0 radical (unpaired) electrons. The van der Waals surface area contributed by atoms with E-state index < -0.39 is 0 Å². The summed E-state index contributed by atoms with van der Waals surface area (Å²) in [4.78, 5) is 4.23. The van der Waals surface area contributed by atoms with Gasteiger partial charge in [0.1, 0.15) is 5.82 Å². The van der Waals surface area contributed by atoms with Crippen molar-refractivity contribution in [3.8, 4) is 0 Å². The van der Waals surface area contributed by atoms with Crippen LogP contribution in [-0.4, -0.2) is 10.1 Å². The molecule has 0 aliphatic heterocycles. The molecule has 0 aliphatic rings. The molecular weight excluding hydrogens is 269 g/mol. The Balaban J connectivity index is 2.11. The van der Waals surface area contributed by atoms with Crippen LogP contribution in [0.1, 0.15) is 43.1 Å². The maximum absolute atomic E-state index is 12.9. The molecule has 0 amide bonds. The molecule has 0 aliphatic carbocycles. The number of benzene rings is 1. The first-order valence-corrected chi connectivity index (χ1v) is 6.50. The maximum Gasteiger partial charge on any atom is 0.243 e. The summed E-state index contributed by atoms with van der Waals surface area (Å²) in [5.41, 5.74) is 6.64. The molecule has 4 nitrogen and oxygen atoms in total. The van der Waals surface area contributed by atoms with Crippen molar-refractivity contribution in [3.63, 3.8) is 0 Å². The molecule has 19 heavy (non-hydrogen) atoms. The highest BCUT2D eigenvalue weighted by Gasteiger charge is 2.14. The van der Waals surface area contributed by atoms with Crippen LogP contribution in [0.4, 0.5) is 4.39 Å². The van der Waals surface area contributed by atoms with Gasteiger partial charge in [0.2, 0.25) is 5.89 Å². The third-order valence-electron chi connectivity index (χ3n) is 2.76. The van der Waals surface area contributed by atoms with Gasteiger partial charge in [-0.1, -0.05) is 36.2 Å². The highest BCUT2D eigenvalue weighted by atomic mass is 35.5. The summed E-state index contributed by atoms with van der Waals surface area (Å²) in [5, 5.41) is 4.21. The third kappa shape index (κ3) is 3.52. The summed E-state index contributed by atoms with van der Waals surface area (Å²) in [6.45, 7) is 2.04. The Hall–Kier alpha value is -1.46. The van der Waals surface area contributed by atoms with Crippen molar-refractivity contribution in [1.29, 1.82) is 0 Å². The van der Waals surface area contributed by atoms with Gasteiger partial charge in [-0.05, 0) is 24.1 Å². The average molecular weight is 284 g/mol. The van der Waals surface area contributed by atoms with Crippen LogP contribution in [-0.2, 0) is 6.42 Å². The lowest BCUT2D eigenvalue weighted by atomic mass is 10.1. The first-order chi connectivity index (χ1) is 9.10. The van der Waals surface area contributed by atoms with E-state index in [2.05, 4.69) is 10.1 Å². The van der Waals surface area contributed by atoms with Crippen molar-refractivity contribution in [3.05, 3.63) is 46.3 Å². The van der Waals surface area contributed by atoms with E-state index in [1.54, 1.807) is 6.07 Å². The van der Waals surface area contributed by atoms with Gasteiger partial charge in [0.15, 0.2) is 5.82 Å². The lowest BCUT2D eigenvalue weighted by Gasteiger charge is -2.02. The van der Waals surface area contributed by atoms with Crippen LogP contribution in [0.25, 0.3) is 0 Å². The van der Waals surface area contributed by atoms with Crippen LogP contribution >= 0.6 is 11.6 Å². The largest absolute Gasteiger partial charge is 0.338 e. The van der Waals surface area contributed by atoms with Gasteiger partial charge >= 0.3 is 0 Å². The van der Waals surface area contributed by atoms with Crippen LogP contribution in [0.3, 0.4) is 0 Å². The molecule has 1 atom stereocenters. The van der Waals surface area contributed by atoms with Crippen LogP contribution < -0.4 is 5.73 Å². The first-order valence-electron chi connectivity index (χ1n) is 6.12. The Kier molecular flexibility index (Phi) is 4.50. The summed E-state index contributed by atoms with van der Waals surface area (Å²) >= 11 is 5.95. The van der Waals surface area contributed by atoms with Gasteiger partial charge in [-0.15, -0.1) is 0 Å². The Morgan fingerprint density at radius 1 is 1.47 bits per heavy atom. The molecule has 1 aromatic carbocycles. The van der Waals surface area contributed by atoms with E-state index in [9.17, 15) is 4.39 Å². The topological polar surface area (TPSA) is 64.9 Å². The zero-order chi connectivity index (χ0) is 13.8. The second-order valence-corrected chi connectivity index (χ2v) is 4.76. The van der Waals surface area contributed by atoms with Crippen LogP contribution in [0.5, 0.6) is 0 Å². The fourth-order valence-corrected chi connectivity index (χ4v) is 1.99. The summed E-state index contributed by atoms with van der Waals surface area (Å²) in [7, 11) is 0. The molecule has 102 valence electrons. The molecule has 2 aromatic rings. The van der Waals surface area contributed by atoms with E-state index in [0.29, 0.717) is 23.2 Å². The van der Waals surface area contributed by atoms with E-state index >= 15 is 0 Å². The van der Waals surface area contributed by atoms with E-state index in [-0.39, 0.29) is 11.9 Å². The maximum atomic E-state index is 12.9. The van der Waals surface area contributed by atoms with Gasteiger partial charge in [0, 0.05) is 11.4 Å². The Morgan fingerprint density at radius 2 is 2.26 bits per heavy atom. The Bertz CT molecular complexity index is 559. The van der Waals surface area contributed by atoms with Gasteiger partial charge in [-0.25, -0.2) is 4.39 Å². The van der Waals surface area contributed by atoms with Crippen molar-refractivity contribution in [2.24, 2.45) is 5.73 Å². The average Bonchev–Trinajstić information content (AvgIpc) is 2.82. The van der Waals surface area contributed by atoms with E-state index in [1.165, 1.54) is 12.1 Å². The van der Waals surface area contributed by atoms with E-state index in [1.807, 2.05) is 6.92 Å². The number of nitrogens with zero attached hydrogens (tertiary/aromatic N) is 2. The van der Waals surface area contributed by atoms with Crippen molar-refractivity contribution in [1.82, 2.24) is 10.1 Å². The van der Waals surface area contributed by atoms with Gasteiger partial charge < -0.3 is 10.3 Å². The lowest BCUT2D eigenvalue weighted by Crippen LogP contribution is -2.10. The molecule has 0 bridgehead atoms. The second kappa shape index (κ2) is 6.12. The van der Waals surface area contributed by atoms with Gasteiger partial charge in [0.25, 0.3) is 0 Å². The first kappa shape index (κ1) is 14.0. The quantitative estimate of drug-likeness (QED) is 0.915. The number of hydrogen-bond acceptors (Lipinski definition) is 4. The standard InChI is InChI=1S/C13H15ClFN3O/c1-2-3-11(16)13-17-12(18-19-13)6-8-4-5-9(15)7-10(8)14/h4-5,7,11H,2-3,6,16H2,1H3/t11-/m1/s1. The van der Waals surface area contributed by atoms with Crippen molar-refractivity contribution < 1.29 is 8.91 Å². The van der Waals surface area contributed by atoms with Crippen molar-refractivity contribution in [2.45, 2.75) is 32.2 Å². The van der Waals surface area contributed by atoms with Crippen molar-refractivity contribution >= 4 is 11.6 Å². The highest BCUT2D eigenvalue weighted by Crippen LogP contribution is 2.20. The molecule has 0 saturated heterocycles. The predicted octanol–water partition coefficient (Wildman–Crippen LogP) is 3.25. The molecular formula is C13H15ClFN3O. The monoisotopic (exact) mass is 283 g/mol. The minimum absolute atomic E-state index is 0.241. The van der Waals surface area contributed by atoms with Crippen LogP contribution in [0.15, 0.2) is 22.7 Å². The Labute approximate surface area is 115 Å². The van der Waals surface area contributed by atoms with Gasteiger partial charge in [-0.2, -0.15) is 4.98 Å². The molecule has 1 aromatic heterocycles.